The summed E-state index contributed by atoms with van der Waals surface area (Å²) in [4.78, 5) is 25.0. The maximum absolute atomic E-state index is 11.8. The number of nitrogens with zero attached hydrogens (tertiary/aromatic N) is 1. The number of hydrogen-bond acceptors (Lipinski definition) is 5. The van der Waals surface area contributed by atoms with Crippen molar-refractivity contribution in [3.8, 4) is 11.5 Å². The Bertz CT molecular complexity index is 564. The highest BCUT2D eigenvalue weighted by Crippen LogP contribution is 2.18. The van der Waals surface area contributed by atoms with Crippen LogP contribution in [0.3, 0.4) is 0 Å². The zero-order chi connectivity index (χ0) is 17.4. The maximum atomic E-state index is 11.8. The largest absolute Gasteiger partial charge is 0.497 e. The number of carbonyl (C=O) groups is 2. The molecule has 2 amide bonds. The highest BCUT2D eigenvalue weighted by atomic mass is 16.5. The highest BCUT2D eigenvalue weighted by molar-refractivity contribution is 5.85. The number of likely N-dealkylation sites (tertiary alicyclic amines) is 1. The summed E-state index contributed by atoms with van der Waals surface area (Å²) in [7, 11) is 1.57. The second-order valence-electron chi connectivity index (χ2n) is 5.72. The van der Waals surface area contributed by atoms with Crippen molar-refractivity contribution in [2.75, 3.05) is 33.4 Å². The number of rotatable bonds is 8. The zero-order valence-corrected chi connectivity index (χ0v) is 13.9. The van der Waals surface area contributed by atoms with Crippen LogP contribution in [0.5, 0.6) is 11.5 Å². The standard InChI is InChI=1S/C17H24N2O5/c1-23-14-5-4-6-15(9-14)24-12-13(20)10-18-16(21)11-19-8-3-2-7-17(19)22/h4-6,9,13,20H,2-3,7-8,10-12H2,1H3,(H,18,21)/t13-/m0/s1. The SMILES string of the molecule is COc1cccc(OC[C@@H](O)CNC(=O)CN2CCCCC2=O)c1. The van der Waals surface area contributed by atoms with Gasteiger partial charge >= 0.3 is 0 Å². The lowest BCUT2D eigenvalue weighted by Gasteiger charge is -2.26. The van der Waals surface area contributed by atoms with Crippen LogP contribution in [-0.4, -0.2) is 61.3 Å². The molecule has 1 aromatic carbocycles. The maximum Gasteiger partial charge on any atom is 0.239 e. The van der Waals surface area contributed by atoms with Crippen LogP contribution in [0.4, 0.5) is 0 Å². The summed E-state index contributed by atoms with van der Waals surface area (Å²) in [5.74, 6) is 0.990. The van der Waals surface area contributed by atoms with Crippen molar-refractivity contribution in [2.24, 2.45) is 0 Å². The van der Waals surface area contributed by atoms with Crippen LogP contribution in [0.15, 0.2) is 24.3 Å². The van der Waals surface area contributed by atoms with Crippen LogP contribution in [0.1, 0.15) is 19.3 Å². The zero-order valence-electron chi connectivity index (χ0n) is 13.9. The van der Waals surface area contributed by atoms with Gasteiger partial charge in [0.15, 0.2) is 0 Å². The minimum Gasteiger partial charge on any atom is -0.497 e. The fraction of sp³-hybridized carbons (Fsp3) is 0.529. The van der Waals surface area contributed by atoms with Gasteiger partial charge in [-0.3, -0.25) is 9.59 Å². The van der Waals surface area contributed by atoms with E-state index in [0.717, 1.165) is 12.8 Å². The molecule has 0 aliphatic carbocycles. The van der Waals surface area contributed by atoms with E-state index in [9.17, 15) is 14.7 Å². The van der Waals surface area contributed by atoms with Crippen LogP contribution in [0.2, 0.25) is 0 Å². The van der Waals surface area contributed by atoms with Gasteiger partial charge in [0, 0.05) is 25.6 Å². The summed E-state index contributed by atoms with van der Waals surface area (Å²) < 4.78 is 10.6. The second kappa shape index (κ2) is 9.12. The molecule has 0 saturated carbocycles. The first-order valence-corrected chi connectivity index (χ1v) is 8.08. The molecule has 1 atom stereocenters. The lowest BCUT2D eigenvalue weighted by Crippen LogP contribution is -2.45. The number of aliphatic hydroxyl groups is 1. The third-order valence-corrected chi connectivity index (χ3v) is 3.77. The number of methoxy groups -OCH3 is 1. The smallest absolute Gasteiger partial charge is 0.239 e. The quantitative estimate of drug-likeness (QED) is 0.724. The van der Waals surface area contributed by atoms with E-state index in [0.29, 0.717) is 24.5 Å². The molecule has 7 heteroatoms. The molecule has 0 spiro atoms. The Kier molecular flexibility index (Phi) is 6.87. The molecule has 1 aliphatic rings. The van der Waals surface area contributed by atoms with Gasteiger partial charge in [-0.2, -0.15) is 0 Å². The topological polar surface area (TPSA) is 88.1 Å². The minimum absolute atomic E-state index is 0.0123. The van der Waals surface area contributed by atoms with Gasteiger partial charge in [0.1, 0.15) is 24.2 Å². The Morgan fingerprint density at radius 2 is 2.17 bits per heavy atom. The van der Waals surface area contributed by atoms with Crippen LogP contribution in [-0.2, 0) is 9.59 Å². The van der Waals surface area contributed by atoms with Gasteiger partial charge in [0.05, 0.1) is 13.7 Å². The molecule has 1 aromatic rings. The Balaban J connectivity index is 1.67. The second-order valence-corrected chi connectivity index (χ2v) is 5.72. The monoisotopic (exact) mass is 336 g/mol. The van der Waals surface area contributed by atoms with Gasteiger partial charge in [-0.25, -0.2) is 0 Å². The van der Waals surface area contributed by atoms with E-state index in [-0.39, 0.29) is 31.5 Å². The molecule has 0 radical (unpaired) electrons. The number of piperidine rings is 1. The Morgan fingerprint density at radius 3 is 2.92 bits per heavy atom. The predicted octanol–water partition coefficient (Wildman–Crippen LogP) is 0.564. The summed E-state index contributed by atoms with van der Waals surface area (Å²) >= 11 is 0. The molecule has 1 aliphatic heterocycles. The molecule has 132 valence electrons. The molecule has 24 heavy (non-hydrogen) atoms. The molecule has 1 heterocycles. The molecular formula is C17H24N2O5. The average Bonchev–Trinajstić information content (AvgIpc) is 2.60. The third-order valence-electron chi connectivity index (χ3n) is 3.77. The predicted molar refractivity (Wildman–Crippen MR) is 87.9 cm³/mol. The number of amides is 2. The van der Waals surface area contributed by atoms with Crippen LogP contribution in [0, 0.1) is 0 Å². The number of ether oxygens (including phenoxy) is 2. The number of carbonyl (C=O) groups excluding carboxylic acids is 2. The molecule has 0 bridgehead atoms. The van der Waals surface area contributed by atoms with Gasteiger partial charge in [-0.15, -0.1) is 0 Å². The minimum atomic E-state index is -0.836. The van der Waals surface area contributed by atoms with Crippen LogP contribution < -0.4 is 14.8 Å². The summed E-state index contributed by atoms with van der Waals surface area (Å²) in [6.45, 7) is 0.789. The summed E-state index contributed by atoms with van der Waals surface area (Å²) in [5.41, 5.74) is 0. The van der Waals surface area contributed by atoms with Crippen molar-refractivity contribution in [2.45, 2.75) is 25.4 Å². The fourth-order valence-corrected chi connectivity index (χ4v) is 2.43. The van der Waals surface area contributed by atoms with E-state index in [2.05, 4.69) is 5.32 Å². The lowest BCUT2D eigenvalue weighted by molar-refractivity contribution is -0.137. The molecule has 1 fully saturated rings. The highest BCUT2D eigenvalue weighted by Gasteiger charge is 2.20. The number of aliphatic hydroxyl groups excluding tert-OH is 1. The van der Waals surface area contributed by atoms with E-state index in [1.165, 1.54) is 0 Å². The molecule has 0 unspecified atom stereocenters. The number of nitrogens with one attached hydrogen (secondary N) is 1. The fourth-order valence-electron chi connectivity index (χ4n) is 2.43. The number of benzene rings is 1. The van der Waals surface area contributed by atoms with Gasteiger partial charge in [0.25, 0.3) is 0 Å². The molecule has 1 saturated heterocycles. The summed E-state index contributed by atoms with van der Waals surface area (Å²) in [6, 6.07) is 7.06. The first-order valence-electron chi connectivity index (χ1n) is 8.08. The average molecular weight is 336 g/mol. The van der Waals surface area contributed by atoms with Crippen LogP contribution in [0.25, 0.3) is 0 Å². The van der Waals surface area contributed by atoms with E-state index in [1.807, 2.05) is 0 Å². The Hall–Kier alpha value is -2.28. The Morgan fingerprint density at radius 1 is 1.38 bits per heavy atom. The van der Waals surface area contributed by atoms with Crippen molar-refractivity contribution in [1.82, 2.24) is 10.2 Å². The van der Waals surface area contributed by atoms with Crippen molar-refractivity contribution >= 4 is 11.8 Å². The van der Waals surface area contributed by atoms with Crippen LogP contribution >= 0.6 is 0 Å². The third kappa shape index (κ3) is 5.73. The van der Waals surface area contributed by atoms with Crippen molar-refractivity contribution < 1.29 is 24.2 Å². The molecule has 2 rings (SSSR count). The molecular weight excluding hydrogens is 312 g/mol. The number of hydrogen-bond donors (Lipinski definition) is 2. The normalized spacial score (nSPS) is 15.8. The lowest BCUT2D eigenvalue weighted by atomic mass is 10.1. The van der Waals surface area contributed by atoms with E-state index >= 15 is 0 Å². The van der Waals surface area contributed by atoms with E-state index < -0.39 is 6.10 Å². The summed E-state index contributed by atoms with van der Waals surface area (Å²) in [5, 5.41) is 12.5. The van der Waals surface area contributed by atoms with Crippen molar-refractivity contribution in [3.63, 3.8) is 0 Å². The van der Waals surface area contributed by atoms with Crippen molar-refractivity contribution in [3.05, 3.63) is 24.3 Å². The first-order chi connectivity index (χ1) is 11.6. The van der Waals surface area contributed by atoms with Gasteiger partial charge in [-0.05, 0) is 25.0 Å². The van der Waals surface area contributed by atoms with Gasteiger partial charge in [-0.1, -0.05) is 6.07 Å². The van der Waals surface area contributed by atoms with E-state index in [4.69, 9.17) is 9.47 Å². The molecule has 7 nitrogen and oxygen atoms in total. The molecule has 0 aromatic heterocycles. The molecule has 2 N–H and O–H groups in total. The van der Waals surface area contributed by atoms with Crippen molar-refractivity contribution in [1.29, 1.82) is 0 Å². The van der Waals surface area contributed by atoms with Gasteiger partial charge in [0.2, 0.25) is 11.8 Å². The Labute approximate surface area is 141 Å². The van der Waals surface area contributed by atoms with Gasteiger partial charge < -0.3 is 24.8 Å². The summed E-state index contributed by atoms with van der Waals surface area (Å²) in [6.07, 6.45) is 1.48. The first kappa shape index (κ1) is 18.1. The van der Waals surface area contributed by atoms with E-state index in [1.54, 1.807) is 36.3 Å².